The number of amides is 2. The summed E-state index contributed by atoms with van der Waals surface area (Å²) in [5, 5.41) is 2.73. The summed E-state index contributed by atoms with van der Waals surface area (Å²) in [6.45, 7) is 3.43. The quantitative estimate of drug-likeness (QED) is 0.700. The van der Waals surface area contributed by atoms with Crippen LogP contribution in [-0.2, 0) is 19.1 Å². The lowest BCUT2D eigenvalue weighted by Crippen LogP contribution is -2.23. The maximum Gasteiger partial charge on any atom is 0.306 e. The Morgan fingerprint density at radius 2 is 1.74 bits per heavy atom. The fourth-order valence-electron chi connectivity index (χ4n) is 2.74. The van der Waals surface area contributed by atoms with E-state index in [-0.39, 0.29) is 25.4 Å². The lowest BCUT2D eigenvalue weighted by Gasteiger charge is -2.15. The summed E-state index contributed by atoms with van der Waals surface area (Å²) in [6.07, 6.45) is 0.0114. The van der Waals surface area contributed by atoms with Gasteiger partial charge in [0.25, 0.3) is 5.91 Å². The van der Waals surface area contributed by atoms with Crippen molar-refractivity contribution in [3.63, 3.8) is 0 Å². The molecule has 0 aliphatic rings. The largest absolute Gasteiger partial charge is 0.456 e. The van der Waals surface area contributed by atoms with Crippen LogP contribution in [-0.4, -0.2) is 24.4 Å². The molecule has 0 aromatic heterocycles. The van der Waals surface area contributed by atoms with Gasteiger partial charge in [-0.25, -0.2) is 0 Å². The Morgan fingerprint density at radius 1 is 1.04 bits per heavy atom. The van der Waals surface area contributed by atoms with Crippen molar-refractivity contribution in [3.05, 3.63) is 65.2 Å². The second kappa shape index (κ2) is 9.52. The van der Waals surface area contributed by atoms with E-state index in [0.717, 1.165) is 16.7 Å². The molecule has 2 aromatic carbocycles. The fraction of sp³-hybridized carbons (Fsp3) is 0.286. The topological polar surface area (TPSA) is 98.5 Å². The SMILES string of the molecule is Cc1ccc(C)c(NC(=O)COC(=O)C[C@@H](CC(N)=O)c2ccccc2)c1. The zero-order valence-electron chi connectivity index (χ0n) is 15.5. The van der Waals surface area contributed by atoms with E-state index in [1.165, 1.54) is 0 Å². The van der Waals surface area contributed by atoms with Gasteiger partial charge in [0, 0.05) is 18.0 Å². The van der Waals surface area contributed by atoms with E-state index in [0.29, 0.717) is 5.69 Å². The molecule has 3 N–H and O–H groups in total. The second-order valence-corrected chi connectivity index (χ2v) is 6.51. The first kappa shape index (κ1) is 20.2. The van der Waals surface area contributed by atoms with Crippen LogP contribution in [0.15, 0.2) is 48.5 Å². The minimum absolute atomic E-state index is 0.0241. The molecule has 142 valence electrons. The number of carbonyl (C=O) groups is 3. The highest BCUT2D eigenvalue weighted by atomic mass is 16.5. The Balaban J connectivity index is 1.90. The van der Waals surface area contributed by atoms with E-state index >= 15 is 0 Å². The number of carbonyl (C=O) groups excluding carboxylic acids is 3. The smallest absolute Gasteiger partial charge is 0.306 e. The predicted octanol–water partition coefficient (Wildman–Crippen LogP) is 2.83. The summed E-state index contributed by atoms with van der Waals surface area (Å²) >= 11 is 0. The van der Waals surface area contributed by atoms with Gasteiger partial charge in [-0.15, -0.1) is 0 Å². The molecule has 2 aromatic rings. The number of anilines is 1. The minimum atomic E-state index is -0.554. The number of nitrogens with one attached hydrogen (secondary N) is 1. The standard InChI is InChI=1S/C21H24N2O4/c1-14-8-9-15(2)18(10-14)23-20(25)13-27-21(26)12-17(11-19(22)24)16-6-4-3-5-7-16/h3-10,17H,11-13H2,1-2H3,(H2,22,24)(H,23,25)/t17-/m1/s1. The molecule has 6 nitrogen and oxygen atoms in total. The molecule has 2 amide bonds. The third-order valence-corrected chi connectivity index (χ3v) is 4.16. The number of nitrogens with two attached hydrogens (primary N) is 1. The molecule has 0 unspecified atom stereocenters. The Morgan fingerprint density at radius 3 is 2.41 bits per heavy atom. The van der Waals surface area contributed by atoms with E-state index in [9.17, 15) is 14.4 Å². The van der Waals surface area contributed by atoms with Gasteiger partial charge in [-0.05, 0) is 36.6 Å². The van der Waals surface area contributed by atoms with Crippen molar-refractivity contribution in [2.75, 3.05) is 11.9 Å². The van der Waals surface area contributed by atoms with Crippen molar-refractivity contribution in [1.82, 2.24) is 0 Å². The lowest BCUT2D eigenvalue weighted by atomic mass is 9.92. The number of benzene rings is 2. The van der Waals surface area contributed by atoms with E-state index in [1.807, 2.05) is 62.4 Å². The Bertz CT molecular complexity index is 818. The average Bonchev–Trinajstić information content (AvgIpc) is 2.63. The summed E-state index contributed by atoms with van der Waals surface area (Å²) in [5.74, 6) is -1.84. The van der Waals surface area contributed by atoms with Crippen LogP contribution in [0.5, 0.6) is 0 Å². The second-order valence-electron chi connectivity index (χ2n) is 6.51. The van der Waals surface area contributed by atoms with Crippen molar-refractivity contribution < 1.29 is 19.1 Å². The van der Waals surface area contributed by atoms with Crippen LogP contribution in [0.25, 0.3) is 0 Å². The zero-order valence-corrected chi connectivity index (χ0v) is 15.5. The molecule has 27 heavy (non-hydrogen) atoms. The van der Waals surface area contributed by atoms with Gasteiger partial charge in [-0.1, -0.05) is 42.5 Å². The molecule has 0 saturated heterocycles. The first-order valence-electron chi connectivity index (χ1n) is 8.71. The van der Waals surface area contributed by atoms with Gasteiger partial charge in [0.1, 0.15) is 0 Å². The molecule has 0 saturated carbocycles. The first-order valence-corrected chi connectivity index (χ1v) is 8.71. The van der Waals surface area contributed by atoms with Gasteiger partial charge in [0.15, 0.2) is 6.61 Å². The minimum Gasteiger partial charge on any atom is -0.456 e. The molecule has 0 bridgehead atoms. The van der Waals surface area contributed by atoms with Crippen molar-refractivity contribution in [2.45, 2.75) is 32.6 Å². The number of primary amides is 1. The molecule has 0 aliphatic heterocycles. The highest BCUT2D eigenvalue weighted by Crippen LogP contribution is 2.23. The number of esters is 1. The van der Waals surface area contributed by atoms with Crippen molar-refractivity contribution in [2.24, 2.45) is 5.73 Å². The van der Waals surface area contributed by atoms with Gasteiger partial charge >= 0.3 is 5.97 Å². The fourth-order valence-corrected chi connectivity index (χ4v) is 2.74. The number of aryl methyl sites for hydroxylation is 2. The molecule has 6 heteroatoms. The normalized spacial score (nSPS) is 11.5. The van der Waals surface area contributed by atoms with Gasteiger partial charge in [0.05, 0.1) is 6.42 Å². The molecule has 0 heterocycles. The lowest BCUT2D eigenvalue weighted by molar-refractivity contribution is -0.147. The third-order valence-electron chi connectivity index (χ3n) is 4.16. The van der Waals surface area contributed by atoms with Gasteiger partial charge in [-0.2, -0.15) is 0 Å². The summed E-state index contributed by atoms with van der Waals surface area (Å²) in [6, 6.07) is 14.9. The number of hydrogen-bond acceptors (Lipinski definition) is 4. The van der Waals surface area contributed by atoms with Crippen LogP contribution in [0.2, 0.25) is 0 Å². The number of rotatable bonds is 8. The van der Waals surface area contributed by atoms with Crippen molar-refractivity contribution in [3.8, 4) is 0 Å². The molecular formula is C21H24N2O4. The molecule has 0 fully saturated rings. The van der Waals surface area contributed by atoms with Crippen molar-refractivity contribution >= 4 is 23.5 Å². The van der Waals surface area contributed by atoms with Crippen LogP contribution in [0.1, 0.15) is 35.4 Å². The van der Waals surface area contributed by atoms with Crippen LogP contribution in [0.4, 0.5) is 5.69 Å². The summed E-state index contributed by atoms with van der Waals surface area (Å²) in [5.41, 5.74) is 8.74. The van der Waals surface area contributed by atoms with Gasteiger partial charge < -0.3 is 15.8 Å². The van der Waals surface area contributed by atoms with Gasteiger partial charge in [0.2, 0.25) is 5.91 Å². The molecule has 0 radical (unpaired) electrons. The van der Waals surface area contributed by atoms with Crippen LogP contribution in [0, 0.1) is 13.8 Å². The average molecular weight is 368 g/mol. The van der Waals surface area contributed by atoms with Crippen molar-refractivity contribution in [1.29, 1.82) is 0 Å². The van der Waals surface area contributed by atoms with E-state index in [4.69, 9.17) is 10.5 Å². The van der Waals surface area contributed by atoms with E-state index < -0.39 is 17.8 Å². The Hall–Kier alpha value is -3.15. The highest BCUT2D eigenvalue weighted by Gasteiger charge is 2.20. The third kappa shape index (κ3) is 6.58. The first-order chi connectivity index (χ1) is 12.8. The summed E-state index contributed by atoms with van der Waals surface area (Å²) < 4.78 is 5.08. The van der Waals surface area contributed by atoms with Crippen LogP contribution < -0.4 is 11.1 Å². The maximum atomic E-state index is 12.1. The predicted molar refractivity (Wildman–Crippen MR) is 103 cm³/mol. The Kier molecular flexibility index (Phi) is 7.11. The van der Waals surface area contributed by atoms with Gasteiger partial charge in [-0.3, -0.25) is 14.4 Å². The molecule has 1 atom stereocenters. The number of hydrogen-bond donors (Lipinski definition) is 2. The maximum absolute atomic E-state index is 12.1. The van der Waals surface area contributed by atoms with Crippen LogP contribution >= 0.6 is 0 Å². The number of ether oxygens (including phenoxy) is 1. The monoisotopic (exact) mass is 368 g/mol. The van der Waals surface area contributed by atoms with E-state index in [1.54, 1.807) is 0 Å². The highest BCUT2D eigenvalue weighted by molar-refractivity contribution is 5.93. The summed E-state index contributed by atoms with van der Waals surface area (Å²) in [7, 11) is 0. The van der Waals surface area contributed by atoms with E-state index in [2.05, 4.69) is 5.32 Å². The molecule has 0 aliphatic carbocycles. The molecule has 0 spiro atoms. The zero-order chi connectivity index (χ0) is 19.8. The molecular weight excluding hydrogens is 344 g/mol. The Labute approximate surface area is 158 Å². The molecule has 2 rings (SSSR count). The summed E-state index contributed by atoms with van der Waals surface area (Å²) in [4.78, 5) is 35.5. The van der Waals surface area contributed by atoms with Crippen LogP contribution in [0.3, 0.4) is 0 Å².